The Morgan fingerprint density at radius 3 is 2.35 bits per heavy atom. The van der Waals surface area contributed by atoms with Gasteiger partial charge in [-0.25, -0.2) is 4.79 Å². The van der Waals surface area contributed by atoms with Crippen molar-refractivity contribution in [2.75, 3.05) is 13.2 Å². The van der Waals surface area contributed by atoms with Crippen molar-refractivity contribution in [2.24, 2.45) is 0 Å². The lowest BCUT2D eigenvalue weighted by Crippen LogP contribution is -2.50. The molecular formula is C27H31N3O4. The quantitative estimate of drug-likeness (QED) is 0.445. The molecule has 2 atom stereocenters. The number of carbonyl (C=O) groups excluding carboxylic acids is 2. The molecule has 3 N–H and O–H groups in total. The number of carbonyl (C=O) groups is 2. The molecule has 0 radical (unpaired) electrons. The maximum Gasteiger partial charge on any atom is 0.407 e. The zero-order valence-electron chi connectivity index (χ0n) is 19.1. The number of hydrogen-bond donors (Lipinski definition) is 3. The maximum absolute atomic E-state index is 12.5. The lowest BCUT2D eigenvalue weighted by atomic mass is 10.0. The number of allylic oxidation sites excluding steroid dienone is 2. The molecule has 0 fully saturated rings. The van der Waals surface area contributed by atoms with E-state index in [4.69, 9.17) is 10.1 Å². The Bertz CT molecular complexity index is 1010. The Morgan fingerprint density at radius 2 is 1.74 bits per heavy atom. The van der Waals surface area contributed by atoms with Gasteiger partial charge in [0.25, 0.3) is 5.91 Å². The first-order chi connectivity index (χ1) is 16.5. The van der Waals surface area contributed by atoms with Crippen molar-refractivity contribution in [1.82, 2.24) is 10.2 Å². The van der Waals surface area contributed by atoms with Crippen LogP contribution in [0.4, 0.5) is 4.79 Å². The fraction of sp³-hybridized carbons (Fsp3) is 0.296. The second kappa shape index (κ2) is 13.1. The Balaban J connectivity index is 1.68. The highest BCUT2D eigenvalue weighted by atomic mass is 16.5. The first-order valence-electron chi connectivity index (χ1n) is 11.4. The van der Waals surface area contributed by atoms with Crippen LogP contribution in [0.3, 0.4) is 0 Å². The highest BCUT2D eigenvalue weighted by Crippen LogP contribution is 2.12. The van der Waals surface area contributed by atoms with Crippen molar-refractivity contribution < 1.29 is 19.4 Å². The third kappa shape index (κ3) is 8.01. The summed E-state index contributed by atoms with van der Waals surface area (Å²) in [6, 6.07) is 18.2. The Hall–Kier alpha value is -3.71. The monoisotopic (exact) mass is 461 g/mol. The standard InChI is InChI=1S/C27H31N3O4/c28-17-26(32)30(18-22-12-6-2-7-13-22)19-25(31)24(16-21-10-4-1-5-11-21)29-27(33)34-20-23-14-8-3-9-15-23/h1-2,4-8,10-15,17,24-25,28,31H,3,9,16,18-20H2,(H,29,33)/t24-,25?/m0/s1. The molecule has 0 saturated carbocycles. The molecule has 2 aromatic carbocycles. The number of alkyl carbamates (subject to hydrolysis) is 1. The number of benzene rings is 2. The fourth-order valence-electron chi connectivity index (χ4n) is 3.75. The first kappa shape index (κ1) is 24.9. The van der Waals surface area contributed by atoms with Crippen LogP contribution in [0.1, 0.15) is 24.0 Å². The minimum Gasteiger partial charge on any atom is -0.445 e. The molecule has 1 unspecified atom stereocenters. The van der Waals surface area contributed by atoms with Gasteiger partial charge in [-0.05, 0) is 36.0 Å². The van der Waals surface area contributed by atoms with E-state index in [9.17, 15) is 14.7 Å². The van der Waals surface area contributed by atoms with Gasteiger partial charge in [0, 0.05) is 13.1 Å². The van der Waals surface area contributed by atoms with Crippen LogP contribution < -0.4 is 5.32 Å². The predicted molar refractivity (Wildman–Crippen MR) is 132 cm³/mol. The average molecular weight is 462 g/mol. The summed E-state index contributed by atoms with van der Waals surface area (Å²) in [5, 5.41) is 21.2. The van der Waals surface area contributed by atoms with E-state index in [0.29, 0.717) is 6.42 Å². The van der Waals surface area contributed by atoms with Crippen molar-refractivity contribution in [3.8, 4) is 0 Å². The van der Waals surface area contributed by atoms with Crippen LogP contribution in [0.5, 0.6) is 0 Å². The summed E-state index contributed by atoms with van der Waals surface area (Å²) < 4.78 is 5.37. The van der Waals surface area contributed by atoms with E-state index in [1.54, 1.807) is 0 Å². The SMILES string of the molecule is N=CC(=O)N(Cc1ccccc1)CC(O)[C@H](Cc1ccccc1)NC(=O)OCC1=CCCC=C1. The molecule has 0 aliphatic heterocycles. The molecule has 0 aromatic heterocycles. The van der Waals surface area contributed by atoms with Crippen molar-refractivity contribution in [2.45, 2.75) is 38.0 Å². The lowest BCUT2D eigenvalue weighted by molar-refractivity contribution is -0.126. The summed E-state index contributed by atoms with van der Waals surface area (Å²) >= 11 is 0. The van der Waals surface area contributed by atoms with E-state index in [2.05, 4.69) is 5.32 Å². The minimum absolute atomic E-state index is 0.0468. The number of ether oxygens (including phenoxy) is 1. The second-order valence-electron chi connectivity index (χ2n) is 8.19. The zero-order valence-corrected chi connectivity index (χ0v) is 19.1. The topological polar surface area (TPSA) is 103 Å². The molecule has 0 saturated heterocycles. The highest BCUT2D eigenvalue weighted by Gasteiger charge is 2.26. The molecular weight excluding hydrogens is 430 g/mol. The van der Waals surface area contributed by atoms with Gasteiger partial charge >= 0.3 is 6.09 Å². The molecule has 0 spiro atoms. The van der Waals surface area contributed by atoms with Gasteiger partial charge in [0.15, 0.2) is 0 Å². The lowest BCUT2D eigenvalue weighted by Gasteiger charge is -2.29. The summed E-state index contributed by atoms with van der Waals surface area (Å²) in [7, 11) is 0. The number of aliphatic hydroxyl groups is 1. The molecule has 1 aliphatic carbocycles. The van der Waals surface area contributed by atoms with E-state index in [1.165, 1.54) is 4.90 Å². The molecule has 7 heteroatoms. The fourth-order valence-corrected chi connectivity index (χ4v) is 3.75. The third-order valence-electron chi connectivity index (χ3n) is 5.57. The zero-order chi connectivity index (χ0) is 24.2. The van der Waals surface area contributed by atoms with Gasteiger partial charge in [0.05, 0.1) is 18.4 Å². The number of amides is 2. The van der Waals surface area contributed by atoms with Gasteiger partial charge in [-0.1, -0.05) is 78.9 Å². The molecule has 7 nitrogen and oxygen atoms in total. The van der Waals surface area contributed by atoms with Gasteiger partial charge in [0.2, 0.25) is 0 Å². The summed E-state index contributed by atoms with van der Waals surface area (Å²) in [4.78, 5) is 26.3. The van der Waals surface area contributed by atoms with Crippen LogP contribution in [-0.2, 0) is 22.5 Å². The van der Waals surface area contributed by atoms with E-state index in [0.717, 1.165) is 35.8 Å². The van der Waals surface area contributed by atoms with E-state index < -0.39 is 24.1 Å². The summed E-state index contributed by atoms with van der Waals surface area (Å²) in [6.45, 7) is 0.354. The van der Waals surface area contributed by atoms with E-state index >= 15 is 0 Å². The largest absolute Gasteiger partial charge is 0.445 e. The number of rotatable bonds is 11. The van der Waals surface area contributed by atoms with Gasteiger partial charge < -0.3 is 25.5 Å². The van der Waals surface area contributed by atoms with Crippen molar-refractivity contribution >= 4 is 18.2 Å². The molecule has 0 bridgehead atoms. The van der Waals surface area contributed by atoms with E-state index in [1.807, 2.05) is 78.9 Å². The van der Waals surface area contributed by atoms with Gasteiger partial charge in [-0.2, -0.15) is 0 Å². The highest BCUT2D eigenvalue weighted by molar-refractivity contribution is 6.24. The number of hydrogen-bond acceptors (Lipinski definition) is 5. The maximum atomic E-state index is 12.5. The Morgan fingerprint density at radius 1 is 1.06 bits per heavy atom. The smallest absolute Gasteiger partial charge is 0.407 e. The van der Waals surface area contributed by atoms with E-state index in [-0.39, 0.29) is 19.7 Å². The second-order valence-corrected chi connectivity index (χ2v) is 8.19. The van der Waals surface area contributed by atoms with Crippen molar-refractivity contribution in [1.29, 1.82) is 5.41 Å². The predicted octanol–water partition coefficient (Wildman–Crippen LogP) is 3.64. The van der Waals surface area contributed by atoms with Gasteiger partial charge in [0.1, 0.15) is 6.61 Å². The molecule has 1 aliphatic rings. The molecule has 2 aromatic rings. The van der Waals surface area contributed by atoms with Crippen molar-refractivity contribution in [3.63, 3.8) is 0 Å². The summed E-state index contributed by atoms with van der Waals surface area (Å²) in [6.07, 6.45) is 7.31. The number of aliphatic hydroxyl groups excluding tert-OH is 1. The molecule has 3 rings (SSSR count). The van der Waals surface area contributed by atoms with Crippen LogP contribution in [0.2, 0.25) is 0 Å². The molecule has 2 amide bonds. The van der Waals surface area contributed by atoms with Crippen LogP contribution in [0.15, 0.2) is 84.5 Å². The van der Waals surface area contributed by atoms with Crippen LogP contribution in [-0.4, -0.2) is 53.5 Å². The normalized spacial score (nSPS) is 14.4. The summed E-state index contributed by atoms with van der Waals surface area (Å²) in [5.41, 5.74) is 2.75. The van der Waals surface area contributed by atoms with Gasteiger partial charge in [-0.3, -0.25) is 4.79 Å². The minimum atomic E-state index is -1.07. The third-order valence-corrected chi connectivity index (χ3v) is 5.57. The average Bonchev–Trinajstić information content (AvgIpc) is 2.88. The van der Waals surface area contributed by atoms with Crippen LogP contribution in [0.25, 0.3) is 0 Å². The van der Waals surface area contributed by atoms with Gasteiger partial charge in [-0.15, -0.1) is 0 Å². The number of nitrogens with zero attached hydrogens (tertiary/aromatic N) is 1. The molecule has 34 heavy (non-hydrogen) atoms. The van der Waals surface area contributed by atoms with Crippen LogP contribution >= 0.6 is 0 Å². The molecule has 0 heterocycles. The Labute approximate surface area is 200 Å². The molecule has 178 valence electrons. The Kier molecular flexibility index (Phi) is 9.61. The van der Waals surface area contributed by atoms with Crippen molar-refractivity contribution in [3.05, 3.63) is 95.6 Å². The first-order valence-corrected chi connectivity index (χ1v) is 11.4. The number of nitrogens with one attached hydrogen (secondary N) is 2. The summed E-state index contributed by atoms with van der Waals surface area (Å²) in [5.74, 6) is -0.514. The van der Waals surface area contributed by atoms with Crippen LogP contribution in [0, 0.1) is 5.41 Å².